The van der Waals surface area contributed by atoms with Crippen molar-refractivity contribution in [1.29, 1.82) is 0 Å². The second-order valence-corrected chi connectivity index (χ2v) is 6.17. The summed E-state index contributed by atoms with van der Waals surface area (Å²) in [6, 6.07) is 1.81. The van der Waals surface area contributed by atoms with Crippen molar-refractivity contribution in [2.24, 2.45) is 4.99 Å². The Morgan fingerprint density at radius 3 is 3.00 bits per heavy atom. The SMILES string of the molecule is O=C1N=CC=CC1c1noc(C2CN(C(=O)c3ccsc3)C2)n1. The van der Waals surface area contributed by atoms with E-state index in [1.807, 2.05) is 16.8 Å². The third-order valence-electron chi connectivity index (χ3n) is 3.88. The summed E-state index contributed by atoms with van der Waals surface area (Å²) in [4.78, 5) is 33.6. The van der Waals surface area contributed by atoms with E-state index in [4.69, 9.17) is 4.52 Å². The minimum atomic E-state index is -0.582. The van der Waals surface area contributed by atoms with Crippen LogP contribution in [0.3, 0.4) is 0 Å². The summed E-state index contributed by atoms with van der Waals surface area (Å²) in [5, 5.41) is 7.60. The first-order valence-electron chi connectivity index (χ1n) is 7.12. The van der Waals surface area contributed by atoms with Gasteiger partial charge < -0.3 is 9.42 Å². The van der Waals surface area contributed by atoms with Crippen LogP contribution in [0.5, 0.6) is 0 Å². The number of hydrogen-bond donors (Lipinski definition) is 0. The average Bonchev–Trinajstić information content (AvgIpc) is 3.18. The molecular formula is C15H12N4O3S. The van der Waals surface area contributed by atoms with Gasteiger partial charge in [-0.2, -0.15) is 16.3 Å². The van der Waals surface area contributed by atoms with Crippen LogP contribution in [0.15, 0.2) is 38.5 Å². The highest BCUT2D eigenvalue weighted by Gasteiger charge is 2.37. The molecule has 0 spiro atoms. The van der Waals surface area contributed by atoms with Crippen LogP contribution in [0.2, 0.25) is 0 Å². The maximum atomic E-state index is 12.2. The van der Waals surface area contributed by atoms with E-state index in [0.29, 0.717) is 30.4 Å². The van der Waals surface area contributed by atoms with Gasteiger partial charge in [0.05, 0.1) is 11.5 Å². The van der Waals surface area contributed by atoms with Crippen LogP contribution in [0.25, 0.3) is 0 Å². The van der Waals surface area contributed by atoms with E-state index >= 15 is 0 Å². The van der Waals surface area contributed by atoms with E-state index < -0.39 is 5.92 Å². The Bertz CT molecular complexity index is 803. The molecule has 2 aliphatic heterocycles. The molecule has 1 unspecified atom stereocenters. The van der Waals surface area contributed by atoms with E-state index in [1.54, 1.807) is 17.1 Å². The van der Waals surface area contributed by atoms with Crippen molar-refractivity contribution in [2.45, 2.75) is 11.8 Å². The summed E-state index contributed by atoms with van der Waals surface area (Å²) >= 11 is 1.50. The predicted octanol–water partition coefficient (Wildman–Crippen LogP) is 1.62. The molecule has 4 heterocycles. The molecule has 1 fully saturated rings. The van der Waals surface area contributed by atoms with Crippen LogP contribution in [-0.2, 0) is 4.79 Å². The molecular weight excluding hydrogens is 316 g/mol. The minimum Gasteiger partial charge on any atom is -0.339 e. The van der Waals surface area contributed by atoms with Crippen LogP contribution in [-0.4, -0.2) is 46.2 Å². The molecule has 0 aromatic carbocycles. The predicted molar refractivity (Wildman–Crippen MR) is 82.6 cm³/mol. The molecule has 1 atom stereocenters. The van der Waals surface area contributed by atoms with Gasteiger partial charge in [-0.15, -0.1) is 0 Å². The van der Waals surface area contributed by atoms with E-state index in [-0.39, 0.29) is 17.7 Å². The zero-order chi connectivity index (χ0) is 15.8. The quantitative estimate of drug-likeness (QED) is 0.854. The molecule has 0 aliphatic carbocycles. The molecule has 2 aliphatic rings. The topological polar surface area (TPSA) is 88.7 Å². The highest BCUT2D eigenvalue weighted by Crippen LogP contribution is 2.29. The van der Waals surface area contributed by atoms with Crippen LogP contribution >= 0.6 is 11.3 Å². The number of dihydropyridines is 1. The van der Waals surface area contributed by atoms with Gasteiger partial charge in [0.25, 0.3) is 11.8 Å². The summed E-state index contributed by atoms with van der Waals surface area (Å²) in [6.45, 7) is 1.09. The molecule has 23 heavy (non-hydrogen) atoms. The van der Waals surface area contributed by atoms with Crippen molar-refractivity contribution >= 4 is 29.4 Å². The van der Waals surface area contributed by atoms with E-state index in [2.05, 4.69) is 15.1 Å². The Morgan fingerprint density at radius 2 is 2.26 bits per heavy atom. The molecule has 0 radical (unpaired) electrons. The fraction of sp³-hybridized carbons (Fsp3) is 0.267. The Balaban J connectivity index is 1.42. The number of nitrogens with zero attached hydrogens (tertiary/aromatic N) is 4. The van der Waals surface area contributed by atoms with Gasteiger partial charge in [0, 0.05) is 24.7 Å². The summed E-state index contributed by atoms with van der Waals surface area (Å²) in [6.07, 6.45) is 4.82. The fourth-order valence-electron chi connectivity index (χ4n) is 2.55. The summed E-state index contributed by atoms with van der Waals surface area (Å²) < 4.78 is 5.25. The van der Waals surface area contributed by atoms with Gasteiger partial charge in [-0.05, 0) is 17.5 Å². The van der Waals surface area contributed by atoms with Crippen molar-refractivity contribution < 1.29 is 14.1 Å². The largest absolute Gasteiger partial charge is 0.339 e. The third kappa shape index (κ3) is 2.50. The lowest BCUT2D eigenvalue weighted by Gasteiger charge is -2.36. The molecule has 8 heteroatoms. The van der Waals surface area contributed by atoms with Crippen molar-refractivity contribution in [3.63, 3.8) is 0 Å². The van der Waals surface area contributed by atoms with E-state index in [1.165, 1.54) is 17.6 Å². The van der Waals surface area contributed by atoms with E-state index in [0.717, 1.165) is 0 Å². The smallest absolute Gasteiger partial charge is 0.260 e. The number of amides is 2. The van der Waals surface area contributed by atoms with Crippen molar-refractivity contribution in [1.82, 2.24) is 15.0 Å². The van der Waals surface area contributed by atoms with Crippen molar-refractivity contribution in [3.8, 4) is 0 Å². The Hall–Kier alpha value is -2.61. The lowest BCUT2D eigenvalue weighted by atomic mass is 9.99. The number of carbonyl (C=O) groups excluding carboxylic acids is 2. The molecule has 116 valence electrons. The van der Waals surface area contributed by atoms with Gasteiger partial charge in [0.1, 0.15) is 5.92 Å². The van der Waals surface area contributed by atoms with Crippen LogP contribution in [0.4, 0.5) is 0 Å². The number of hydrogen-bond acceptors (Lipinski definition) is 6. The highest BCUT2D eigenvalue weighted by atomic mass is 32.1. The lowest BCUT2D eigenvalue weighted by molar-refractivity contribution is -0.118. The van der Waals surface area contributed by atoms with Crippen LogP contribution in [0, 0.1) is 0 Å². The normalized spacial score (nSPS) is 20.8. The monoisotopic (exact) mass is 328 g/mol. The number of carbonyl (C=O) groups is 2. The average molecular weight is 328 g/mol. The first-order valence-corrected chi connectivity index (χ1v) is 8.06. The van der Waals surface area contributed by atoms with Gasteiger partial charge in [-0.3, -0.25) is 9.59 Å². The number of likely N-dealkylation sites (tertiary alicyclic amines) is 1. The molecule has 0 bridgehead atoms. The second-order valence-electron chi connectivity index (χ2n) is 5.39. The van der Waals surface area contributed by atoms with Gasteiger partial charge >= 0.3 is 0 Å². The Labute approximate surface area is 135 Å². The summed E-state index contributed by atoms with van der Waals surface area (Å²) in [7, 11) is 0. The van der Waals surface area contributed by atoms with E-state index in [9.17, 15) is 9.59 Å². The number of aromatic nitrogens is 2. The van der Waals surface area contributed by atoms with Gasteiger partial charge in [-0.1, -0.05) is 11.2 Å². The minimum absolute atomic E-state index is 0.0157. The standard InChI is InChI=1S/C15H12N4O3S/c20-13-11(2-1-4-16-13)12-17-14(22-18-12)10-6-19(7-10)15(21)9-3-5-23-8-9/h1-5,8,10-11H,6-7H2. The first kappa shape index (κ1) is 14.0. The first-order chi connectivity index (χ1) is 11.2. The molecule has 2 amide bonds. The molecule has 2 aromatic rings. The van der Waals surface area contributed by atoms with Crippen LogP contribution < -0.4 is 0 Å². The van der Waals surface area contributed by atoms with Crippen molar-refractivity contribution in [2.75, 3.05) is 13.1 Å². The lowest BCUT2D eigenvalue weighted by Crippen LogP contribution is -2.48. The zero-order valence-electron chi connectivity index (χ0n) is 12.0. The van der Waals surface area contributed by atoms with Gasteiger partial charge in [-0.25, -0.2) is 4.99 Å². The third-order valence-corrected chi connectivity index (χ3v) is 4.56. The molecule has 0 N–H and O–H groups in total. The van der Waals surface area contributed by atoms with Gasteiger partial charge in [0.15, 0.2) is 5.82 Å². The second kappa shape index (κ2) is 5.54. The van der Waals surface area contributed by atoms with Crippen molar-refractivity contribution in [3.05, 3.63) is 46.3 Å². The maximum Gasteiger partial charge on any atom is 0.260 e. The maximum absolute atomic E-state index is 12.2. The Morgan fingerprint density at radius 1 is 1.39 bits per heavy atom. The molecule has 0 saturated carbocycles. The molecule has 7 nitrogen and oxygen atoms in total. The summed E-state index contributed by atoms with van der Waals surface area (Å²) in [5.74, 6) is -0.0679. The summed E-state index contributed by atoms with van der Waals surface area (Å²) in [5.41, 5.74) is 0.704. The number of allylic oxidation sites excluding steroid dienone is 1. The zero-order valence-corrected chi connectivity index (χ0v) is 12.8. The van der Waals surface area contributed by atoms with Crippen LogP contribution in [0.1, 0.15) is 33.9 Å². The number of thiophene rings is 1. The van der Waals surface area contributed by atoms with Gasteiger partial charge in [0.2, 0.25) is 5.89 Å². The number of aliphatic imine (C=N–C) groups is 1. The molecule has 2 aromatic heterocycles. The fourth-order valence-corrected chi connectivity index (χ4v) is 3.17. The highest BCUT2D eigenvalue weighted by molar-refractivity contribution is 7.08. The molecule has 4 rings (SSSR count). The Kier molecular flexibility index (Phi) is 3.38. The number of rotatable bonds is 3. The molecule has 1 saturated heterocycles.